The summed E-state index contributed by atoms with van der Waals surface area (Å²) in [6.07, 6.45) is 8.92. The number of anilines is 2. The summed E-state index contributed by atoms with van der Waals surface area (Å²) in [4.78, 5) is 17.8. The van der Waals surface area contributed by atoms with E-state index in [4.69, 9.17) is 23.8 Å². The molecular formula is C51H32N4O2. The number of rotatable bonds is 5. The number of benzene rings is 7. The highest BCUT2D eigenvalue weighted by molar-refractivity contribution is 6.19. The highest BCUT2D eigenvalue weighted by Gasteiger charge is 2.38. The largest absolute Gasteiger partial charge is 0.456 e. The summed E-state index contributed by atoms with van der Waals surface area (Å²) in [6, 6.07) is 54.4. The molecule has 2 unspecified atom stereocenters. The molecule has 0 spiro atoms. The van der Waals surface area contributed by atoms with Gasteiger partial charge in [-0.3, -0.25) is 0 Å². The fourth-order valence-electron chi connectivity index (χ4n) is 8.88. The second-order valence-electron chi connectivity index (χ2n) is 14.7. The Labute approximate surface area is 327 Å². The van der Waals surface area contributed by atoms with Crippen molar-refractivity contribution in [3.05, 3.63) is 188 Å². The number of hydrogen-bond donors (Lipinski definition) is 0. The molecule has 0 fully saturated rings. The van der Waals surface area contributed by atoms with Crippen LogP contribution in [0.1, 0.15) is 11.5 Å². The molecule has 57 heavy (non-hydrogen) atoms. The Morgan fingerprint density at radius 1 is 0.439 bits per heavy atom. The number of furan rings is 2. The van der Waals surface area contributed by atoms with Gasteiger partial charge in [-0.05, 0) is 53.6 Å². The van der Waals surface area contributed by atoms with E-state index in [0.29, 0.717) is 17.5 Å². The van der Waals surface area contributed by atoms with Crippen molar-refractivity contribution in [2.24, 2.45) is 0 Å². The zero-order valence-electron chi connectivity index (χ0n) is 30.6. The Hall–Kier alpha value is -7.57. The molecule has 6 heteroatoms. The molecule has 1 aliphatic heterocycles. The first-order valence-corrected chi connectivity index (χ1v) is 19.3. The maximum absolute atomic E-state index is 7.27. The molecule has 6 nitrogen and oxygen atoms in total. The number of aromatic nitrogens is 3. The predicted octanol–water partition coefficient (Wildman–Crippen LogP) is 13.1. The Morgan fingerprint density at radius 3 is 1.91 bits per heavy atom. The van der Waals surface area contributed by atoms with Crippen molar-refractivity contribution >= 4 is 55.3 Å². The monoisotopic (exact) mass is 732 g/mol. The Kier molecular flexibility index (Phi) is 6.95. The van der Waals surface area contributed by atoms with Crippen LogP contribution in [-0.4, -0.2) is 21.0 Å². The molecule has 0 amide bonds. The Bertz CT molecular complexity index is 3210. The smallest absolute Gasteiger partial charge is 0.164 e. The van der Waals surface area contributed by atoms with Gasteiger partial charge in [0.05, 0.1) is 11.7 Å². The van der Waals surface area contributed by atoms with E-state index < -0.39 is 0 Å². The second kappa shape index (κ2) is 12.5. The van der Waals surface area contributed by atoms with Gasteiger partial charge in [-0.25, -0.2) is 15.0 Å². The van der Waals surface area contributed by atoms with Crippen LogP contribution in [0.25, 0.3) is 89.2 Å². The van der Waals surface area contributed by atoms with E-state index in [2.05, 4.69) is 114 Å². The Balaban J connectivity index is 1.14. The van der Waals surface area contributed by atoms with E-state index in [0.717, 1.165) is 77.4 Å². The van der Waals surface area contributed by atoms with Crippen molar-refractivity contribution in [1.82, 2.24) is 15.0 Å². The molecule has 0 radical (unpaired) electrons. The molecule has 0 saturated heterocycles. The van der Waals surface area contributed by atoms with Crippen molar-refractivity contribution in [2.45, 2.75) is 12.0 Å². The van der Waals surface area contributed by atoms with E-state index in [-0.39, 0.29) is 12.0 Å². The van der Waals surface area contributed by atoms with Gasteiger partial charge in [-0.1, -0.05) is 140 Å². The zero-order valence-corrected chi connectivity index (χ0v) is 30.6. The number of para-hydroxylation sites is 3. The van der Waals surface area contributed by atoms with Crippen molar-refractivity contribution in [3.8, 4) is 45.3 Å². The zero-order chi connectivity index (χ0) is 37.5. The highest BCUT2D eigenvalue weighted by Crippen LogP contribution is 2.51. The van der Waals surface area contributed by atoms with E-state index in [1.54, 1.807) is 0 Å². The van der Waals surface area contributed by atoms with Gasteiger partial charge < -0.3 is 13.7 Å². The molecule has 0 saturated carbocycles. The average Bonchev–Trinajstić information content (AvgIpc) is 3.96. The number of fused-ring (bicyclic) bond motifs is 9. The number of hydrogen-bond acceptors (Lipinski definition) is 6. The maximum atomic E-state index is 7.27. The normalized spacial score (nSPS) is 15.9. The van der Waals surface area contributed by atoms with Crippen molar-refractivity contribution < 1.29 is 8.83 Å². The van der Waals surface area contributed by atoms with Crippen LogP contribution >= 0.6 is 0 Å². The summed E-state index contributed by atoms with van der Waals surface area (Å²) in [5.41, 5.74) is 11.5. The summed E-state index contributed by atoms with van der Waals surface area (Å²) < 4.78 is 13.5. The van der Waals surface area contributed by atoms with E-state index >= 15 is 0 Å². The minimum absolute atomic E-state index is 0.118. The summed E-state index contributed by atoms with van der Waals surface area (Å²) in [5, 5.41) is 4.09. The molecule has 3 aromatic heterocycles. The van der Waals surface area contributed by atoms with Gasteiger partial charge in [0, 0.05) is 55.4 Å². The summed E-state index contributed by atoms with van der Waals surface area (Å²) in [5.74, 6) is 2.04. The van der Waals surface area contributed by atoms with Crippen molar-refractivity contribution in [3.63, 3.8) is 0 Å². The number of nitrogens with zero attached hydrogens (tertiary/aromatic N) is 4. The highest BCUT2D eigenvalue weighted by atomic mass is 16.3. The van der Waals surface area contributed by atoms with Gasteiger partial charge in [0.2, 0.25) is 0 Å². The Morgan fingerprint density at radius 2 is 1.09 bits per heavy atom. The fourth-order valence-corrected chi connectivity index (χ4v) is 8.88. The molecule has 268 valence electrons. The van der Waals surface area contributed by atoms with Crippen LogP contribution in [0.2, 0.25) is 0 Å². The summed E-state index contributed by atoms with van der Waals surface area (Å²) in [7, 11) is 0. The van der Waals surface area contributed by atoms with E-state index in [9.17, 15) is 0 Å². The van der Waals surface area contributed by atoms with E-state index in [1.807, 2.05) is 72.8 Å². The lowest BCUT2D eigenvalue weighted by molar-refractivity contribution is 0.664. The van der Waals surface area contributed by atoms with Gasteiger partial charge >= 0.3 is 0 Å². The van der Waals surface area contributed by atoms with E-state index in [1.165, 1.54) is 11.3 Å². The maximum Gasteiger partial charge on any atom is 0.164 e. The van der Waals surface area contributed by atoms with Crippen LogP contribution in [-0.2, 0) is 0 Å². The molecule has 10 aromatic rings. The predicted molar refractivity (Wildman–Crippen MR) is 230 cm³/mol. The third kappa shape index (κ3) is 4.94. The molecular weight excluding hydrogens is 701 g/mol. The van der Waals surface area contributed by atoms with Crippen molar-refractivity contribution in [1.29, 1.82) is 0 Å². The molecule has 4 heterocycles. The molecule has 7 aromatic carbocycles. The molecule has 0 bridgehead atoms. The number of allylic oxidation sites excluding steroid dienone is 2. The minimum Gasteiger partial charge on any atom is -0.456 e. The van der Waals surface area contributed by atoms with Crippen LogP contribution in [0, 0.1) is 0 Å². The van der Waals surface area contributed by atoms with Crippen molar-refractivity contribution in [2.75, 3.05) is 4.90 Å². The SMILES string of the molecule is C1=CC2c3ccccc3N(c3cccc4c3oc3c(-c5ccc6oc7ccccc7c6c5)ccc(-c5nc(-c6ccccc6)nc(-c6ccccc6)n5)c34)C2C=C1. The molecule has 12 rings (SSSR count). The van der Waals surface area contributed by atoms with Gasteiger partial charge in [-0.15, -0.1) is 0 Å². The third-order valence-corrected chi connectivity index (χ3v) is 11.5. The lowest BCUT2D eigenvalue weighted by atomic mass is 9.91. The van der Waals surface area contributed by atoms with Crippen LogP contribution < -0.4 is 4.90 Å². The van der Waals surface area contributed by atoms with Crippen LogP contribution in [0.15, 0.2) is 191 Å². The van der Waals surface area contributed by atoms with Gasteiger partial charge in [0.1, 0.15) is 16.7 Å². The standard InChI is InChI=1S/C51H32N4O2/c1-3-14-31(15-4-1)49-52-50(32-16-5-2-6-17-32)54-51(53-49)39-28-27-34(33-26-29-45-40(30-33)37-20-9-12-25-44(37)56-45)48-46(39)38-21-13-24-43(47(38)57-48)55-41-22-10-7-18-35(41)36-19-8-11-23-42(36)55/h1-30,35,41H. The van der Waals surface area contributed by atoms with Crippen LogP contribution in [0.4, 0.5) is 11.4 Å². The first-order valence-electron chi connectivity index (χ1n) is 19.3. The second-order valence-corrected chi connectivity index (χ2v) is 14.7. The van der Waals surface area contributed by atoms with Gasteiger partial charge in [0.25, 0.3) is 0 Å². The lowest BCUT2D eigenvalue weighted by Crippen LogP contribution is -2.28. The minimum atomic E-state index is 0.118. The average molecular weight is 733 g/mol. The fraction of sp³-hybridized carbons (Fsp3) is 0.0392. The molecule has 1 aliphatic carbocycles. The quantitative estimate of drug-likeness (QED) is 0.175. The first kappa shape index (κ1) is 31.7. The van der Waals surface area contributed by atoms with Gasteiger partial charge in [0.15, 0.2) is 23.1 Å². The topological polar surface area (TPSA) is 68.2 Å². The summed E-state index contributed by atoms with van der Waals surface area (Å²) >= 11 is 0. The van der Waals surface area contributed by atoms with Gasteiger partial charge in [-0.2, -0.15) is 0 Å². The molecule has 2 atom stereocenters. The third-order valence-electron chi connectivity index (χ3n) is 11.5. The van der Waals surface area contributed by atoms with Crippen LogP contribution in [0.5, 0.6) is 0 Å². The summed E-state index contributed by atoms with van der Waals surface area (Å²) in [6.45, 7) is 0. The molecule has 2 aliphatic rings. The van der Waals surface area contributed by atoms with Crippen LogP contribution in [0.3, 0.4) is 0 Å². The molecule has 0 N–H and O–H groups in total. The first-order chi connectivity index (χ1) is 28.3. The lowest BCUT2D eigenvalue weighted by Gasteiger charge is -2.28.